The molecule has 0 amide bonds. The SMILES string of the molecule is CN(C)C=Cc1c([N+](=O)[O-])ccc2ncc3ccccc3c12. The smallest absolute Gasteiger partial charge is 0.277 e. The lowest BCUT2D eigenvalue weighted by Crippen LogP contribution is -2.01. The summed E-state index contributed by atoms with van der Waals surface area (Å²) in [7, 11) is 3.76. The number of nitro benzene ring substituents is 1. The van der Waals surface area contributed by atoms with Crippen LogP contribution in [-0.4, -0.2) is 28.9 Å². The van der Waals surface area contributed by atoms with Crippen LogP contribution in [0.2, 0.25) is 0 Å². The first-order valence-electron chi connectivity index (χ1n) is 6.87. The fourth-order valence-electron chi connectivity index (χ4n) is 2.52. The first kappa shape index (κ1) is 14.0. The molecule has 0 saturated heterocycles. The maximum Gasteiger partial charge on any atom is 0.277 e. The van der Waals surface area contributed by atoms with Crippen molar-refractivity contribution < 1.29 is 4.92 Å². The Morgan fingerprint density at radius 1 is 1.18 bits per heavy atom. The minimum atomic E-state index is -0.351. The van der Waals surface area contributed by atoms with Gasteiger partial charge in [0.1, 0.15) is 0 Å². The first-order valence-corrected chi connectivity index (χ1v) is 6.87. The third kappa shape index (κ3) is 2.37. The van der Waals surface area contributed by atoms with Gasteiger partial charge in [0, 0.05) is 37.1 Å². The van der Waals surface area contributed by atoms with E-state index in [0.717, 1.165) is 21.7 Å². The van der Waals surface area contributed by atoms with Crippen LogP contribution in [-0.2, 0) is 0 Å². The monoisotopic (exact) mass is 293 g/mol. The van der Waals surface area contributed by atoms with E-state index in [1.165, 1.54) is 6.07 Å². The molecule has 110 valence electrons. The Balaban J connectivity index is 2.46. The molecule has 0 bridgehead atoms. The van der Waals surface area contributed by atoms with Crippen LogP contribution in [0.4, 0.5) is 5.69 Å². The fraction of sp³-hybridized carbons (Fsp3) is 0.118. The van der Waals surface area contributed by atoms with E-state index in [1.54, 1.807) is 18.3 Å². The molecule has 0 fully saturated rings. The predicted octanol–water partition coefficient (Wildman–Crippen LogP) is 3.83. The maximum atomic E-state index is 11.4. The van der Waals surface area contributed by atoms with Crippen LogP contribution in [0, 0.1) is 10.1 Å². The molecule has 1 aromatic heterocycles. The molecule has 2 aromatic carbocycles. The van der Waals surface area contributed by atoms with E-state index >= 15 is 0 Å². The summed E-state index contributed by atoms with van der Waals surface area (Å²) in [6.45, 7) is 0. The highest BCUT2D eigenvalue weighted by molar-refractivity contribution is 6.10. The fourth-order valence-corrected chi connectivity index (χ4v) is 2.52. The summed E-state index contributed by atoms with van der Waals surface area (Å²) < 4.78 is 0. The van der Waals surface area contributed by atoms with Gasteiger partial charge in [-0.1, -0.05) is 24.3 Å². The minimum Gasteiger partial charge on any atom is -0.383 e. The number of nitrogens with zero attached hydrogens (tertiary/aromatic N) is 3. The average Bonchev–Trinajstić information content (AvgIpc) is 2.51. The van der Waals surface area contributed by atoms with E-state index in [4.69, 9.17) is 0 Å². The van der Waals surface area contributed by atoms with Gasteiger partial charge in [-0.15, -0.1) is 0 Å². The van der Waals surface area contributed by atoms with Crippen molar-refractivity contribution in [3.8, 4) is 0 Å². The van der Waals surface area contributed by atoms with Crippen molar-refractivity contribution >= 4 is 33.4 Å². The molecule has 0 aliphatic heterocycles. The normalized spacial score (nSPS) is 11.4. The van der Waals surface area contributed by atoms with Crippen LogP contribution in [0.25, 0.3) is 27.8 Å². The minimum absolute atomic E-state index is 0.0868. The first-order chi connectivity index (χ1) is 10.6. The van der Waals surface area contributed by atoms with Gasteiger partial charge >= 0.3 is 0 Å². The average molecular weight is 293 g/mol. The molecular formula is C17H15N3O2. The van der Waals surface area contributed by atoms with Crippen LogP contribution in [0.1, 0.15) is 5.56 Å². The summed E-state index contributed by atoms with van der Waals surface area (Å²) in [5, 5.41) is 14.1. The van der Waals surface area contributed by atoms with Gasteiger partial charge in [-0.25, -0.2) is 0 Å². The molecule has 0 atom stereocenters. The molecule has 3 rings (SSSR count). The van der Waals surface area contributed by atoms with Crippen molar-refractivity contribution in [2.45, 2.75) is 0 Å². The van der Waals surface area contributed by atoms with Crippen LogP contribution in [0.15, 0.2) is 48.8 Å². The van der Waals surface area contributed by atoms with Crippen LogP contribution >= 0.6 is 0 Å². The zero-order chi connectivity index (χ0) is 15.7. The number of rotatable bonds is 3. The Morgan fingerprint density at radius 3 is 2.68 bits per heavy atom. The number of hydrogen-bond donors (Lipinski definition) is 0. The molecule has 0 saturated carbocycles. The zero-order valence-electron chi connectivity index (χ0n) is 12.4. The Kier molecular flexibility index (Phi) is 3.47. The standard InChI is InChI=1S/C17H15N3O2/c1-19(2)10-9-14-16(20(21)22)8-7-15-17(14)13-6-4-3-5-12(13)11-18-15/h3-11H,1-2H3. The van der Waals surface area contributed by atoms with E-state index in [0.29, 0.717) is 5.56 Å². The highest BCUT2D eigenvalue weighted by Crippen LogP contribution is 2.33. The molecule has 3 aromatic rings. The molecular weight excluding hydrogens is 278 g/mol. The van der Waals surface area contributed by atoms with Gasteiger partial charge in [-0.3, -0.25) is 15.1 Å². The highest BCUT2D eigenvalue weighted by Gasteiger charge is 2.17. The lowest BCUT2D eigenvalue weighted by Gasteiger charge is -2.09. The zero-order valence-corrected chi connectivity index (χ0v) is 12.4. The molecule has 1 heterocycles. The Bertz CT molecular complexity index is 901. The summed E-state index contributed by atoms with van der Waals surface area (Å²) in [6.07, 6.45) is 5.38. The van der Waals surface area contributed by atoms with Crippen molar-refractivity contribution in [3.63, 3.8) is 0 Å². The van der Waals surface area contributed by atoms with E-state index in [2.05, 4.69) is 4.98 Å². The highest BCUT2D eigenvalue weighted by atomic mass is 16.6. The number of nitro groups is 1. The van der Waals surface area contributed by atoms with E-state index in [-0.39, 0.29) is 10.6 Å². The van der Waals surface area contributed by atoms with Gasteiger partial charge in [0.25, 0.3) is 5.69 Å². The van der Waals surface area contributed by atoms with Gasteiger partial charge in [0.15, 0.2) is 0 Å². The number of benzene rings is 2. The van der Waals surface area contributed by atoms with Gasteiger partial charge in [0.05, 0.1) is 16.0 Å². The lowest BCUT2D eigenvalue weighted by atomic mass is 10.00. The van der Waals surface area contributed by atoms with Gasteiger partial charge in [-0.2, -0.15) is 0 Å². The molecule has 0 unspecified atom stereocenters. The van der Waals surface area contributed by atoms with Crippen molar-refractivity contribution in [3.05, 3.63) is 64.5 Å². The van der Waals surface area contributed by atoms with E-state index < -0.39 is 0 Å². The van der Waals surface area contributed by atoms with Crippen molar-refractivity contribution in [2.75, 3.05) is 14.1 Å². The van der Waals surface area contributed by atoms with Crippen LogP contribution in [0.3, 0.4) is 0 Å². The second-order valence-electron chi connectivity index (χ2n) is 5.27. The Morgan fingerprint density at radius 2 is 1.95 bits per heavy atom. The molecule has 22 heavy (non-hydrogen) atoms. The number of hydrogen-bond acceptors (Lipinski definition) is 4. The van der Waals surface area contributed by atoms with Gasteiger partial charge in [-0.05, 0) is 23.7 Å². The largest absolute Gasteiger partial charge is 0.383 e. The van der Waals surface area contributed by atoms with Crippen molar-refractivity contribution in [2.24, 2.45) is 0 Å². The third-order valence-electron chi connectivity index (χ3n) is 3.51. The second kappa shape index (κ2) is 5.44. The number of fused-ring (bicyclic) bond motifs is 3. The quantitative estimate of drug-likeness (QED) is 0.418. The third-order valence-corrected chi connectivity index (χ3v) is 3.51. The van der Waals surface area contributed by atoms with Gasteiger partial charge in [0.2, 0.25) is 0 Å². The molecule has 0 aliphatic carbocycles. The maximum absolute atomic E-state index is 11.4. The van der Waals surface area contributed by atoms with Gasteiger partial charge < -0.3 is 4.90 Å². The summed E-state index contributed by atoms with van der Waals surface area (Å²) in [6, 6.07) is 11.0. The molecule has 5 nitrogen and oxygen atoms in total. The number of pyridine rings is 1. The molecule has 0 aliphatic rings. The van der Waals surface area contributed by atoms with E-state index in [9.17, 15) is 10.1 Å². The molecule has 0 spiro atoms. The second-order valence-corrected chi connectivity index (χ2v) is 5.27. The Hall–Kier alpha value is -2.95. The summed E-state index contributed by atoms with van der Waals surface area (Å²) >= 11 is 0. The molecule has 5 heteroatoms. The predicted molar refractivity (Wildman–Crippen MR) is 88.6 cm³/mol. The van der Waals surface area contributed by atoms with Crippen LogP contribution < -0.4 is 0 Å². The molecule has 0 N–H and O–H groups in total. The van der Waals surface area contributed by atoms with Crippen LogP contribution in [0.5, 0.6) is 0 Å². The van der Waals surface area contributed by atoms with E-state index in [1.807, 2.05) is 49.5 Å². The van der Waals surface area contributed by atoms with Crippen molar-refractivity contribution in [1.82, 2.24) is 9.88 Å². The molecule has 0 radical (unpaired) electrons. The summed E-state index contributed by atoms with van der Waals surface area (Å²) in [4.78, 5) is 17.3. The summed E-state index contributed by atoms with van der Waals surface area (Å²) in [5.41, 5.74) is 1.42. The Labute approximate surface area is 127 Å². The number of aromatic nitrogens is 1. The summed E-state index contributed by atoms with van der Waals surface area (Å²) in [5.74, 6) is 0. The lowest BCUT2D eigenvalue weighted by molar-refractivity contribution is -0.384. The van der Waals surface area contributed by atoms with Crippen molar-refractivity contribution in [1.29, 1.82) is 0 Å². The topological polar surface area (TPSA) is 59.3 Å².